The minimum Gasteiger partial charge on any atom is -0.441 e. The standard InChI is InChI=1S/C16H14BrFN2O/c1-2-16-20-14-8-12(4-6-15(14)21-16)19-9-10-7-11(18)3-5-13(10)17/h3-8,19H,2,9H2,1H3. The molecule has 21 heavy (non-hydrogen) atoms. The van der Waals surface area contributed by atoms with Crippen LogP contribution in [0, 0.1) is 5.82 Å². The van der Waals surface area contributed by atoms with Crippen molar-refractivity contribution in [3.05, 3.63) is 58.1 Å². The van der Waals surface area contributed by atoms with Crippen LogP contribution >= 0.6 is 15.9 Å². The lowest BCUT2D eigenvalue weighted by Gasteiger charge is -2.08. The number of halogens is 2. The molecule has 0 spiro atoms. The fraction of sp³-hybridized carbons (Fsp3) is 0.188. The van der Waals surface area contributed by atoms with Gasteiger partial charge in [-0.2, -0.15) is 0 Å². The summed E-state index contributed by atoms with van der Waals surface area (Å²) in [6.07, 6.45) is 0.772. The Kier molecular flexibility index (Phi) is 3.92. The van der Waals surface area contributed by atoms with E-state index in [0.717, 1.165) is 39.1 Å². The minimum atomic E-state index is -0.241. The van der Waals surface area contributed by atoms with Crippen LogP contribution in [0.2, 0.25) is 0 Å². The Morgan fingerprint density at radius 3 is 2.90 bits per heavy atom. The Hall–Kier alpha value is -1.88. The van der Waals surface area contributed by atoms with Crippen molar-refractivity contribution < 1.29 is 8.81 Å². The van der Waals surface area contributed by atoms with Crippen LogP contribution in [-0.4, -0.2) is 4.98 Å². The van der Waals surface area contributed by atoms with Gasteiger partial charge in [-0.25, -0.2) is 9.37 Å². The third-order valence-corrected chi connectivity index (χ3v) is 4.00. The Labute approximate surface area is 130 Å². The summed E-state index contributed by atoms with van der Waals surface area (Å²) in [5.41, 5.74) is 3.40. The van der Waals surface area contributed by atoms with Crippen LogP contribution in [0.25, 0.3) is 11.1 Å². The zero-order valence-electron chi connectivity index (χ0n) is 11.5. The second-order valence-electron chi connectivity index (χ2n) is 4.73. The maximum absolute atomic E-state index is 13.3. The summed E-state index contributed by atoms with van der Waals surface area (Å²) in [5, 5.41) is 3.27. The molecule has 108 valence electrons. The van der Waals surface area contributed by atoms with E-state index in [1.807, 2.05) is 25.1 Å². The summed E-state index contributed by atoms with van der Waals surface area (Å²) < 4.78 is 19.7. The maximum Gasteiger partial charge on any atom is 0.195 e. The molecule has 2 aromatic carbocycles. The molecular weight excluding hydrogens is 335 g/mol. The molecule has 0 amide bonds. The van der Waals surface area contributed by atoms with Gasteiger partial charge in [0.1, 0.15) is 11.3 Å². The van der Waals surface area contributed by atoms with E-state index in [2.05, 4.69) is 26.2 Å². The molecule has 0 fully saturated rings. The molecule has 1 N–H and O–H groups in total. The Balaban J connectivity index is 1.80. The number of nitrogens with one attached hydrogen (secondary N) is 1. The molecule has 0 bridgehead atoms. The molecule has 1 aromatic heterocycles. The number of aryl methyl sites for hydroxylation is 1. The number of fused-ring (bicyclic) bond motifs is 1. The average Bonchev–Trinajstić information content (AvgIpc) is 2.90. The first-order valence-corrected chi connectivity index (χ1v) is 7.52. The second kappa shape index (κ2) is 5.85. The molecule has 0 saturated heterocycles. The van der Waals surface area contributed by atoms with E-state index < -0.39 is 0 Å². The quantitative estimate of drug-likeness (QED) is 0.728. The summed E-state index contributed by atoms with van der Waals surface area (Å²) >= 11 is 3.42. The van der Waals surface area contributed by atoms with Crippen molar-refractivity contribution in [3.63, 3.8) is 0 Å². The van der Waals surface area contributed by atoms with Crippen molar-refractivity contribution in [2.75, 3.05) is 5.32 Å². The van der Waals surface area contributed by atoms with Gasteiger partial charge in [-0.05, 0) is 42.0 Å². The first-order chi connectivity index (χ1) is 10.2. The third kappa shape index (κ3) is 3.08. The van der Waals surface area contributed by atoms with Crippen LogP contribution in [0.4, 0.5) is 10.1 Å². The van der Waals surface area contributed by atoms with Crippen molar-refractivity contribution in [3.8, 4) is 0 Å². The first kappa shape index (κ1) is 14.1. The fourth-order valence-corrected chi connectivity index (χ4v) is 2.50. The van der Waals surface area contributed by atoms with Gasteiger partial charge in [0.05, 0.1) is 0 Å². The summed E-state index contributed by atoms with van der Waals surface area (Å²) in [5.74, 6) is 0.490. The maximum atomic E-state index is 13.3. The monoisotopic (exact) mass is 348 g/mol. The Bertz CT molecular complexity index is 785. The van der Waals surface area contributed by atoms with Gasteiger partial charge in [0, 0.05) is 23.1 Å². The van der Waals surface area contributed by atoms with Crippen LogP contribution in [-0.2, 0) is 13.0 Å². The Morgan fingerprint density at radius 1 is 1.24 bits per heavy atom. The van der Waals surface area contributed by atoms with Gasteiger partial charge in [0.25, 0.3) is 0 Å². The number of benzene rings is 2. The number of nitrogens with zero attached hydrogens (tertiary/aromatic N) is 1. The second-order valence-corrected chi connectivity index (χ2v) is 5.59. The highest BCUT2D eigenvalue weighted by Gasteiger charge is 2.06. The van der Waals surface area contributed by atoms with Crippen molar-refractivity contribution in [1.29, 1.82) is 0 Å². The van der Waals surface area contributed by atoms with Gasteiger partial charge in [-0.1, -0.05) is 22.9 Å². The van der Waals surface area contributed by atoms with Crippen molar-refractivity contribution >= 4 is 32.7 Å². The van der Waals surface area contributed by atoms with E-state index in [1.54, 1.807) is 6.07 Å². The molecule has 0 radical (unpaired) electrons. The van der Waals surface area contributed by atoms with Gasteiger partial charge < -0.3 is 9.73 Å². The lowest BCUT2D eigenvalue weighted by Crippen LogP contribution is -2.00. The molecule has 0 unspecified atom stereocenters. The SMILES string of the molecule is CCc1nc2cc(NCc3cc(F)ccc3Br)ccc2o1. The van der Waals surface area contributed by atoms with E-state index in [9.17, 15) is 4.39 Å². The van der Waals surface area contributed by atoms with Crippen molar-refractivity contribution in [1.82, 2.24) is 4.98 Å². The van der Waals surface area contributed by atoms with Crippen LogP contribution in [0.5, 0.6) is 0 Å². The third-order valence-electron chi connectivity index (χ3n) is 3.23. The highest BCUT2D eigenvalue weighted by molar-refractivity contribution is 9.10. The molecule has 3 nitrogen and oxygen atoms in total. The van der Waals surface area contributed by atoms with Crippen molar-refractivity contribution in [2.24, 2.45) is 0 Å². The zero-order valence-corrected chi connectivity index (χ0v) is 13.1. The lowest BCUT2D eigenvalue weighted by atomic mass is 10.2. The summed E-state index contributed by atoms with van der Waals surface area (Å²) in [6, 6.07) is 10.4. The van der Waals surface area contributed by atoms with Gasteiger partial charge >= 0.3 is 0 Å². The topological polar surface area (TPSA) is 38.1 Å². The smallest absolute Gasteiger partial charge is 0.195 e. The number of anilines is 1. The van der Waals surface area contributed by atoms with E-state index in [1.165, 1.54) is 12.1 Å². The molecule has 0 aliphatic rings. The molecule has 0 atom stereocenters. The van der Waals surface area contributed by atoms with Crippen LogP contribution < -0.4 is 5.32 Å². The molecule has 0 saturated carbocycles. The predicted octanol–water partition coefficient (Wildman–Crippen LogP) is 4.90. The molecule has 0 aliphatic heterocycles. The summed E-state index contributed by atoms with van der Waals surface area (Å²) in [6.45, 7) is 2.54. The van der Waals surface area contributed by atoms with E-state index in [-0.39, 0.29) is 5.82 Å². The highest BCUT2D eigenvalue weighted by atomic mass is 79.9. The average molecular weight is 349 g/mol. The number of hydrogen-bond acceptors (Lipinski definition) is 3. The number of rotatable bonds is 4. The van der Waals surface area contributed by atoms with Crippen LogP contribution in [0.1, 0.15) is 18.4 Å². The predicted molar refractivity (Wildman–Crippen MR) is 84.8 cm³/mol. The minimum absolute atomic E-state index is 0.241. The fourth-order valence-electron chi connectivity index (χ4n) is 2.11. The molecular formula is C16H14BrFN2O. The van der Waals surface area contributed by atoms with Gasteiger partial charge in [0.15, 0.2) is 11.5 Å². The van der Waals surface area contributed by atoms with Crippen LogP contribution in [0.15, 0.2) is 45.3 Å². The lowest BCUT2D eigenvalue weighted by molar-refractivity contribution is 0.538. The van der Waals surface area contributed by atoms with E-state index in [4.69, 9.17) is 4.42 Å². The first-order valence-electron chi connectivity index (χ1n) is 6.73. The number of oxazole rings is 1. The normalized spacial score (nSPS) is 11.0. The Morgan fingerprint density at radius 2 is 2.10 bits per heavy atom. The van der Waals surface area contributed by atoms with Gasteiger partial charge in [-0.3, -0.25) is 0 Å². The number of aromatic nitrogens is 1. The van der Waals surface area contributed by atoms with Gasteiger partial charge in [0.2, 0.25) is 0 Å². The zero-order chi connectivity index (χ0) is 14.8. The molecule has 3 aromatic rings. The van der Waals surface area contributed by atoms with Gasteiger partial charge in [-0.15, -0.1) is 0 Å². The highest BCUT2D eigenvalue weighted by Crippen LogP contribution is 2.22. The largest absolute Gasteiger partial charge is 0.441 e. The molecule has 3 rings (SSSR count). The van der Waals surface area contributed by atoms with Crippen LogP contribution in [0.3, 0.4) is 0 Å². The molecule has 5 heteroatoms. The van der Waals surface area contributed by atoms with E-state index >= 15 is 0 Å². The van der Waals surface area contributed by atoms with Crippen molar-refractivity contribution in [2.45, 2.75) is 19.9 Å². The van der Waals surface area contributed by atoms with E-state index in [0.29, 0.717) is 6.54 Å². The number of hydrogen-bond donors (Lipinski definition) is 1. The summed E-state index contributed by atoms with van der Waals surface area (Å²) in [4.78, 5) is 4.40. The molecule has 0 aliphatic carbocycles. The summed E-state index contributed by atoms with van der Waals surface area (Å²) in [7, 11) is 0. The molecule has 1 heterocycles.